The zero-order valence-electron chi connectivity index (χ0n) is 9.56. The summed E-state index contributed by atoms with van der Waals surface area (Å²) in [6, 6.07) is 3.14. The monoisotopic (exact) mass is 339 g/mol. The van der Waals surface area contributed by atoms with Gasteiger partial charge in [-0.15, -0.1) is 0 Å². The summed E-state index contributed by atoms with van der Waals surface area (Å²) in [6.45, 7) is -2.10. The molecule has 6 heteroatoms. The van der Waals surface area contributed by atoms with Gasteiger partial charge in [0.05, 0.1) is 10.2 Å². The first kappa shape index (κ1) is 13.9. The zero-order chi connectivity index (χ0) is 13.1. The van der Waals surface area contributed by atoms with Crippen LogP contribution in [-0.4, -0.2) is 13.2 Å². The van der Waals surface area contributed by atoms with Crippen molar-refractivity contribution < 1.29 is 13.5 Å². The van der Waals surface area contributed by atoms with E-state index in [1.54, 1.807) is 6.07 Å². The lowest BCUT2D eigenvalue weighted by Gasteiger charge is -2.26. The van der Waals surface area contributed by atoms with Crippen LogP contribution < -0.4 is 10.1 Å². The Hall–Kier alpha value is -0.550. The number of hydrogen-bond donors (Lipinski definition) is 1. The predicted octanol–water partition coefficient (Wildman–Crippen LogP) is 4.92. The molecule has 0 spiro atoms. The quantitative estimate of drug-likeness (QED) is 0.822. The molecule has 0 bridgehead atoms. The van der Waals surface area contributed by atoms with Gasteiger partial charge in [-0.25, -0.2) is 0 Å². The van der Waals surface area contributed by atoms with Gasteiger partial charge in [-0.1, -0.05) is 18.0 Å². The lowest BCUT2D eigenvalue weighted by molar-refractivity contribution is -0.0498. The van der Waals surface area contributed by atoms with Crippen LogP contribution in [0.3, 0.4) is 0 Å². The average molecular weight is 341 g/mol. The lowest BCUT2D eigenvalue weighted by Crippen LogP contribution is -2.21. The molecule has 0 radical (unpaired) electrons. The molecule has 1 aromatic carbocycles. The molecule has 1 aromatic rings. The van der Waals surface area contributed by atoms with Gasteiger partial charge >= 0.3 is 6.61 Å². The van der Waals surface area contributed by atoms with Gasteiger partial charge in [-0.05, 0) is 46.8 Å². The third-order valence-corrected chi connectivity index (χ3v) is 3.83. The Kier molecular flexibility index (Phi) is 4.67. The number of hydrogen-bond acceptors (Lipinski definition) is 2. The van der Waals surface area contributed by atoms with Crippen molar-refractivity contribution in [3.05, 3.63) is 21.6 Å². The third kappa shape index (κ3) is 3.48. The summed E-state index contributed by atoms with van der Waals surface area (Å²) in [6.07, 6.45) is 3.60. The molecule has 1 aliphatic rings. The largest absolute Gasteiger partial charge is 0.431 e. The highest BCUT2D eigenvalue weighted by Gasteiger charge is 2.19. The van der Waals surface area contributed by atoms with Crippen molar-refractivity contribution in [2.75, 3.05) is 11.9 Å². The first-order chi connectivity index (χ1) is 8.56. The van der Waals surface area contributed by atoms with Gasteiger partial charge in [-0.3, -0.25) is 0 Å². The van der Waals surface area contributed by atoms with Crippen molar-refractivity contribution in [2.24, 2.45) is 5.92 Å². The Morgan fingerprint density at radius 2 is 2.17 bits per heavy atom. The van der Waals surface area contributed by atoms with Gasteiger partial charge in [0.1, 0.15) is 0 Å². The van der Waals surface area contributed by atoms with E-state index in [2.05, 4.69) is 26.0 Å². The van der Waals surface area contributed by atoms with Gasteiger partial charge in [0.2, 0.25) is 0 Å². The van der Waals surface area contributed by atoms with Crippen molar-refractivity contribution in [3.63, 3.8) is 0 Å². The minimum absolute atomic E-state index is 0.105. The molecule has 1 saturated carbocycles. The number of anilines is 1. The lowest BCUT2D eigenvalue weighted by atomic mass is 9.85. The molecule has 0 aromatic heterocycles. The van der Waals surface area contributed by atoms with Crippen LogP contribution in [0.1, 0.15) is 19.3 Å². The maximum Gasteiger partial charge on any atom is 0.387 e. The summed E-state index contributed by atoms with van der Waals surface area (Å²) < 4.78 is 29.6. The highest BCUT2D eigenvalue weighted by Crippen LogP contribution is 2.38. The maximum absolute atomic E-state index is 12.4. The molecule has 1 N–H and O–H groups in total. The van der Waals surface area contributed by atoms with Crippen molar-refractivity contribution in [3.8, 4) is 5.75 Å². The van der Waals surface area contributed by atoms with E-state index >= 15 is 0 Å². The summed E-state index contributed by atoms with van der Waals surface area (Å²) >= 11 is 9.09. The van der Waals surface area contributed by atoms with Crippen LogP contribution in [0.2, 0.25) is 5.02 Å². The zero-order valence-corrected chi connectivity index (χ0v) is 11.9. The Labute approximate surface area is 118 Å². The third-order valence-electron chi connectivity index (χ3n) is 3.02. The van der Waals surface area contributed by atoms with Crippen molar-refractivity contribution in [2.45, 2.75) is 25.9 Å². The molecule has 2 rings (SSSR count). The molecule has 0 aliphatic heterocycles. The SMILES string of the molecule is FC(F)Oc1c(Br)cc(Cl)cc1NCC1CCC1. The highest BCUT2D eigenvalue weighted by molar-refractivity contribution is 9.10. The summed E-state index contributed by atoms with van der Waals surface area (Å²) in [4.78, 5) is 0. The van der Waals surface area contributed by atoms with Crippen LogP contribution in [-0.2, 0) is 0 Å². The van der Waals surface area contributed by atoms with Gasteiger partial charge in [0.15, 0.2) is 5.75 Å². The highest BCUT2D eigenvalue weighted by atomic mass is 79.9. The molecule has 0 unspecified atom stereocenters. The van der Waals surface area contributed by atoms with E-state index < -0.39 is 6.61 Å². The number of nitrogens with one attached hydrogen (secondary N) is 1. The molecule has 1 fully saturated rings. The Balaban J connectivity index is 2.13. The van der Waals surface area contributed by atoms with Gasteiger partial charge in [0, 0.05) is 11.6 Å². The Morgan fingerprint density at radius 3 is 2.72 bits per heavy atom. The van der Waals surface area contributed by atoms with Crippen LogP contribution >= 0.6 is 27.5 Å². The van der Waals surface area contributed by atoms with Crippen LogP contribution in [0.15, 0.2) is 16.6 Å². The fourth-order valence-corrected chi connectivity index (χ4v) is 2.76. The number of alkyl halides is 2. The minimum Gasteiger partial charge on any atom is -0.431 e. The van der Waals surface area contributed by atoms with Crippen LogP contribution in [0, 0.1) is 5.92 Å². The molecule has 2 nitrogen and oxygen atoms in total. The van der Waals surface area contributed by atoms with Crippen molar-refractivity contribution >= 4 is 33.2 Å². The minimum atomic E-state index is -2.85. The maximum atomic E-state index is 12.4. The van der Waals surface area contributed by atoms with E-state index in [4.69, 9.17) is 11.6 Å². The second kappa shape index (κ2) is 6.06. The molecule has 100 valence electrons. The normalized spacial score (nSPS) is 15.6. The molecular formula is C12H13BrClF2NO. The summed E-state index contributed by atoms with van der Waals surface area (Å²) in [5.74, 6) is 0.718. The first-order valence-corrected chi connectivity index (χ1v) is 6.91. The average Bonchev–Trinajstić information content (AvgIpc) is 2.20. The van der Waals surface area contributed by atoms with E-state index in [0.717, 1.165) is 6.54 Å². The smallest absolute Gasteiger partial charge is 0.387 e. The van der Waals surface area contributed by atoms with E-state index in [1.807, 2.05) is 0 Å². The molecule has 0 amide bonds. The molecule has 0 saturated heterocycles. The number of rotatable bonds is 5. The molecular weight excluding hydrogens is 327 g/mol. The molecule has 0 heterocycles. The summed E-state index contributed by atoms with van der Waals surface area (Å²) in [7, 11) is 0. The van der Waals surface area contributed by atoms with E-state index in [1.165, 1.54) is 25.3 Å². The summed E-state index contributed by atoms with van der Waals surface area (Å²) in [5.41, 5.74) is 0.501. The molecule has 18 heavy (non-hydrogen) atoms. The fourth-order valence-electron chi connectivity index (χ4n) is 1.85. The first-order valence-electron chi connectivity index (χ1n) is 5.74. The van der Waals surface area contributed by atoms with Crippen LogP contribution in [0.4, 0.5) is 14.5 Å². The van der Waals surface area contributed by atoms with E-state index in [9.17, 15) is 8.78 Å². The molecule has 1 aliphatic carbocycles. The van der Waals surface area contributed by atoms with E-state index in [-0.39, 0.29) is 5.75 Å². The standard InChI is InChI=1S/C12H13BrClF2NO/c13-9-4-8(14)5-10(11(9)18-12(15)16)17-6-7-2-1-3-7/h4-5,7,12,17H,1-3,6H2. The van der Waals surface area contributed by atoms with Crippen molar-refractivity contribution in [1.82, 2.24) is 0 Å². The van der Waals surface area contributed by atoms with Gasteiger partial charge in [0.25, 0.3) is 0 Å². The molecule has 0 atom stereocenters. The van der Waals surface area contributed by atoms with Gasteiger partial charge < -0.3 is 10.1 Å². The number of ether oxygens (including phenoxy) is 1. The second-order valence-corrected chi connectivity index (χ2v) is 5.61. The Morgan fingerprint density at radius 1 is 1.44 bits per heavy atom. The van der Waals surface area contributed by atoms with Crippen LogP contribution in [0.25, 0.3) is 0 Å². The number of halogens is 4. The predicted molar refractivity (Wildman–Crippen MR) is 71.6 cm³/mol. The second-order valence-electron chi connectivity index (χ2n) is 4.32. The topological polar surface area (TPSA) is 21.3 Å². The fraction of sp³-hybridized carbons (Fsp3) is 0.500. The van der Waals surface area contributed by atoms with Crippen molar-refractivity contribution in [1.29, 1.82) is 0 Å². The Bertz CT molecular complexity index is 427. The van der Waals surface area contributed by atoms with E-state index in [0.29, 0.717) is 21.1 Å². The number of benzene rings is 1. The summed E-state index contributed by atoms with van der Waals surface area (Å²) in [5, 5.41) is 3.60. The van der Waals surface area contributed by atoms with Gasteiger partial charge in [-0.2, -0.15) is 8.78 Å². The van der Waals surface area contributed by atoms with Crippen LogP contribution in [0.5, 0.6) is 5.75 Å².